The molecule has 0 spiro atoms. The number of nitrogens with one attached hydrogen (secondary N) is 1. The van der Waals surface area contributed by atoms with Gasteiger partial charge in [-0.2, -0.15) is 0 Å². The van der Waals surface area contributed by atoms with Crippen LogP contribution in [0.5, 0.6) is 0 Å². The highest BCUT2D eigenvalue weighted by molar-refractivity contribution is 7.61. The van der Waals surface area contributed by atoms with E-state index in [1.165, 1.54) is 45.1 Å². The molecule has 0 radical (unpaired) electrons. The van der Waals surface area contributed by atoms with Crippen molar-refractivity contribution in [3.63, 3.8) is 0 Å². The van der Waals surface area contributed by atoms with E-state index in [1.54, 1.807) is 0 Å². The van der Waals surface area contributed by atoms with E-state index in [1.807, 2.05) is 0 Å². The Labute approximate surface area is 103 Å². The van der Waals surface area contributed by atoms with Gasteiger partial charge in [-0.25, -0.2) is 0 Å². The van der Waals surface area contributed by atoms with Crippen molar-refractivity contribution >= 4 is 7.92 Å². The monoisotopic (exact) mass is 241 g/mol. The molecule has 0 amide bonds. The smallest absolute Gasteiger partial charge is 0.00420 e. The molecule has 0 aromatic heterocycles. The molecule has 0 bridgehead atoms. The minimum Gasteiger partial charge on any atom is -0.316 e. The van der Waals surface area contributed by atoms with Gasteiger partial charge in [-0.1, -0.05) is 41.5 Å². The van der Waals surface area contributed by atoms with E-state index in [2.05, 4.69) is 26.1 Å². The summed E-state index contributed by atoms with van der Waals surface area (Å²) in [4.78, 5) is 0. The van der Waals surface area contributed by atoms with Crippen molar-refractivity contribution < 1.29 is 0 Å². The highest BCUT2D eigenvalue weighted by Crippen LogP contribution is 2.66. The van der Waals surface area contributed by atoms with Crippen molar-refractivity contribution in [3.8, 4) is 0 Å². The van der Waals surface area contributed by atoms with Crippen LogP contribution in [0.4, 0.5) is 0 Å². The van der Waals surface area contributed by atoms with E-state index in [9.17, 15) is 0 Å². The highest BCUT2D eigenvalue weighted by Gasteiger charge is 2.43. The fourth-order valence-electron chi connectivity index (χ4n) is 3.14. The predicted molar refractivity (Wildman–Crippen MR) is 74.8 cm³/mol. The summed E-state index contributed by atoms with van der Waals surface area (Å²) in [5.74, 6) is 0. The molecule has 94 valence electrons. The first-order valence-electron chi connectivity index (χ1n) is 7.14. The van der Waals surface area contributed by atoms with E-state index >= 15 is 0 Å². The molecule has 0 aromatic rings. The molecule has 16 heavy (non-hydrogen) atoms. The molecule has 2 aliphatic rings. The van der Waals surface area contributed by atoms with Crippen molar-refractivity contribution in [1.29, 1.82) is 0 Å². The quantitative estimate of drug-likeness (QED) is 0.694. The predicted octanol–water partition coefficient (Wildman–Crippen LogP) is 3.96. The van der Waals surface area contributed by atoms with Crippen molar-refractivity contribution in [2.24, 2.45) is 0 Å². The summed E-state index contributed by atoms with van der Waals surface area (Å²) < 4.78 is 0. The van der Waals surface area contributed by atoms with Crippen molar-refractivity contribution in [1.82, 2.24) is 5.32 Å². The maximum absolute atomic E-state index is 3.59. The molecule has 2 rings (SSSR count). The molecule has 0 unspecified atom stereocenters. The zero-order valence-corrected chi connectivity index (χ0v) is 12.2. The lowest BCUT2D eigenvalue weighted by molar-refractivity contribution is 0.455. The zero-order valence-electron chi connectivity index (χ0n) is 11.3. The molecule has 2 fully saturated rings. The van der Waals surface area contributed by atoms with Gasteiger partial charge in [0, 0.05) is 6.54 Å². The molecule has 0 aliphatic heterocycles. The van der Waals surface area contributed by atoms with E-state index < -0.39 is 0 Å². The molecule has 0 heterocycles. The average Bonchev–Trinajstić information content (AvgIpc) is 2.08. The van der Waals surface area contributed by atoms with Crippen LogP contribution in [0, 0.1) is 0 Å². The Morgan fingerprint density at radius 2 is 1.56 bits per heavy atom. The second-order valence-electron chi connectivity index (χ2n) is 6.17. The first-order valence-corrected chi connectivity index (χ1v) is 8.62. The molecule has 2 aliphatic carbocycles. The van der Waals surface area contributed by atoms with Crippen LogP contribution >= 0.6 is 7.92 Å². The second kappa shape index (κ2) is 5.36. The molecule has 2 saturated carbocycles. The van der Waals surface area contributed by atoms with E-state index in [-0.39, 0.29) is 7.92 Å². The van der Waals surface area contributed by atoms with Gasteiger partial charge >= 0.3 is 0 Å². The number of hydrogen-bond donors (Lipinski definition) is 1. The third-order valence-corrected chi connectivity index (χ3v) is 8.61. The van der Waals surface area contributed by atoms with Crippen molar-refractivity contribution in [3.05, 3.63) is 0 Å². The van der Waals surface area contributed by atoms with Crippen LogP contribution in [0.3, 0.4) is 0 Å². The van der Waals surface area contributed by atoms with Gasteiger partial charge in [0.1, 0.15) is 0 Å². The minimum atomic E-state index is 0.273. The fourth-order valence-corrected chi connectivity index (χ4v) is 7.85. The van der Waals surface area contributed by atoms with Crippen molar-refractivity contribution in [2.75, 3.05) is 13.1 Å². The Balaban J connectivity index is 1.97. The lowest BCUT2D eigenvalue weighted by Crippen LogP contribution is -2.42. The first-order chi connectivity index (χ1) is 7.65. The summed E-state index contributed by atoms with van der Waals surface area (Å²) in [5.41, 5.74) is 2.24. The maximum Gasteiger partial charge on any atom is 0.00420 e. The van der Waals surface area contributed by atoms with Crippen LogP contribution in [-0.4, -0.2) is 29.6 Å². The maximum atomic E-state index is 3.59. The van der Waals surface area contributed by atoms with Crippen LogP contribution < -0.4 is 5.32 Å². The molecule has 2 heteroatoms. The Hall–Kier alpha value is 0.390. The van der Waals surface area contributed by atoms with E-state index in [0.29, 0.717) is 5.16 Å². The number of hydrogen-bond acceptors (Lipinski definition) is 1. The van der Waals surface area contributed by atoms with Gasteiger partial charge in [-0.05, 0) is 48.7 Å². The van der Waals surface area contributed by atoms with Gasteiger partial charge < -0.3 is 5.32 Å². The molecular formula is C14H28NP. The third kappa shape index (κ3) is 2.62. The molecule has 1 nitrogen and oxygen atoms in total. The molecular weight excluding hydrogens is 213 g/mol. The van der Waals surface area contributed by atoms with E-state index in [4.69, 9.17) is 0 Å². The zero-order chi connectivity index (χ0) is 11.6. The Morgan fingerprint density at radius 3 is 1.88 bits per heavy atom. The van der Waals surface area contributed by atoms with Crippen molar-refractivity contribution in [2.45, 2.75) is 75.8 Å². The van der Waals surface area contributed by atoms with Gasteiger partial charge in [0.25, 0.3) is 0 Å². The van der Waals surface area contributed by atoms with Gasteiger partial charge in [-0.15, -0.1) is 0 Å². The average molecular weight is 241 g/mol. The normalized spacial score (nSPS) is 23.2. The van der Waals surface area contributed by atoms with E-state index in [0.717, 1.165) is 17.9 Å². The Kier molecular flexibility index (Phi) is 4.30. The fraction of sp³-hybridized carbons (Fsp3) is 1.00. The molecule has 0 aromatic carbocycles. The summed E-state index contributed by atoms with van der Waals surface area (Å²) >= 11 is 0. The summed E-state index contributed by atoms with van der Waals surface area (Å²) in [5, 5.41) is 4.16. The van der Waals surface area contributed by atoms with Gasteiger partial charge in [0.2, 0.25) is 0 Å². The van der Waals surface area contributed by atoms with Crippen LogP contribution in [0.25, 0.3) is 0 Å². The summed E-state index contributed by atoms with van der Waals surface area (Å²) in [7, 11) is 0.273. The standard InChI is InChI=1S/C14H28NP/c1-4-15-11-14(2,3)16(12-7-5-8-12)13-9-6-10-13/h12-13,15H,4-11H2,1-3H3. The largest absolute Gasteiger partial charge is 0.316 e. The third-order valence-electron chi connectivity index (χ3n) is 4.44. The Bertz CT molecular complexity index is 205. The minimum absolute atomic E-state index is 0.273. The van der Waals surface area contributed by atoms with Crippen LogP contribution in [0.2, 0.25) is 0 Å². The first kappa shape index (κ1) is 12.8. The van der Waals surface area contributed by atoms with Crippen LogP contribution in [0.1, 0.15) is 59.3 Å². The van der Waals surface area contributed by atoms with Crippen LogP contribution in [-0.2, 0) is 0 Å². The molecule has 0 saturated heterocycles. The topological polar surface area (TPSA) is 12.0 Å². The summed E-state index contributed by atoms with van der Waals surface area (Å²) in [6.07, 6.45) is 9.17. The van der Waals surface area contributed by atoms with Gasteiger partial charge in [0.05, 0.1) is 0 Å². The summed E-state index contributed by atoms with van der Waals surface area (Å²) in [6, 6.07) is 0. The number of rotatable bonds is 6. The Morgan fingerprint density at radius 1 is 1.06 bits per heavy atom. The lowest BCUT2D eigenvalue weighted by atomic mass is 9.98. The second-order valence-corrected chi connectivity index (χ2v) is 9.66. The van der Waals surface area contributed by atoms with Gasteiger partial charge in [0.15, 0.2) is 0 Å². The molecule has 0 atom stereocenters. The van der Waals surface area contributed by atoms with Crippen LogP contribution in [0.15, 0.2) is 0 Å². The highest BCUT2D eigenvalue weighted by atomic mass is 31.1. The summed E-state index contributed by atoms with van der Waals surface area (Å²) in [6.45, 7) is 9.64. The SMILES string of the molecule is CCNCC(C)(C)P(C1CCC1)C1CCC1. The lowest BCUT2D eigenvalue weighted by Gasteiger charge is -2.51. The van der Waals surface area contributed by atoms with Gasteiger partial charge in [-0.3, -0.25) is 0 Å². The molecule has 1 N–H and O–H groups in total.